The molecule has 6 nitrogen and oxygen atoms in total. The van der Waals surface area contributed by atoms with E-state index in [9.17, 15) is 9.59 Å². The van der Waals surface area contributed by atoms with E-state index in [-0.39, 0.29) is 58.3 Å². The molecule has 3 rings (SSSR count). The van der Waals surface area contributed by atoms with Gasteiger partial charge in [0, 0.05) is 18.8 Å². The SMILES string of the molecule is CCCC(CC)(CC)C(=O)OC1CC(O[Si](C)(C)C(C)(C)C)C=C2C=CC(C)C(CCC3CC(O[Si](C)(C)C(C)(C)C)CC(=O)O3)C21. The predicted molar refractivity (Wildman–Crippen MR) is 198 cm³/mol. The van der Waals surface area contributed by atoms with E-state index < -0.39 is 22.0 Å². The van der Waals surface area contributed by atoms with Gasteiger partial charge in [-0.25, -0.2) is 0 Å². The summed E-state index contributed by atoms with van der Waals surface area (Å²) in [5.41, 5.74) is 0.780. The standard InChI is InChI=1S/C39H70O6Si2/c1-15-22-39(16-2,17-3)36(41)43-33-25-30(44-46(11,12)37(5,6)7)23-28-19-18-27(4)32(35(28)33)21-20-29-24-31(26-34(40)42-29)45-47(13,14)38(8,9)10/h18-19,23,27,29-33,35H,15-17,20-22,24-26H2,1-14H3. The van der Waals surface area contributed by atoms with Crippen LogP contribution in [-0.4, -0.2) is 53.0 Å². The van der Waals surface area contributed by atoms with Crippen molar-refractivity contribution >= 4 is 28.6 Å². The molecule has 0 spiro atoms. The number of allylic oxidation sites excluding steroid dienone is 2. The van der Waals surface area contributed by atoms with Crippen LogP contribution in [0, 0.1) is 23.2 Å². The summed E-state index contributed by atoms with van der Waals surface area (Å²) in [5, 5.41) is 0.165. The predicted octanol–water partition coefficient (Wildman–Crippen LogP) is 10.5. The van der Waals surface area contributed by atoms with Crippen LogP contribution in [0.25, 0.3) is 0 Å². The summed E-state index contributed by atoms with van der Waals surface area (Å²) in [7, 11) is -4.07. The number of hydrogen-bond acceptors (Lipinski definition) is 6. The van der Waals surface area contributed by atoms with Crippen LogP contribution in [-0.2, 0) is 27.9 Å². The Bertz CT molecular complexity index is 1140. The lowest BCUT2D eigenvalue weighted by Gasteiger charge is -2.47. The lowest BCUT2D eigenvalue weighted by Crippen LogP contribution is -2.49. The maximum Gasteiger partial charge on any atom is 0.312 e. The van der Waals surface area contributed by atoms with Crippen molar-refractivity contribution in [2.75, 3.05) is 0 Å². The molecule has 0 N–H and O–H groups in total. The molecule has 0 aromatic rings. The van der Waals surface area contributed by atoms with Crippen LogP contribution in [0.1, 0.15) is 127 Å². The molecule has 1 saturated heterocycles. The molecule has 1 fully saturated rings. The first-order chi connectivity index (χ1) is 21.6. The average molecular weight is 691 g/mol. The second-order valence-electron chi connectivity index (χ2n) is 18.0. The fraction of sp³-hybridized carbons (Fsp3) is 0.846. The Morgan fingerprint density at radius 2 is 1.51 bits per heavy atom. The number of hydrogen-bond donors (Lipinski definition) is 0. The van der Waals surface area contributed by atoms with Gasteiger partial charge in [0.05, 0.1) is 24.0 Å². The van der Waals surface area contributed by atoms with Crippen molar-refractivity contribution < 1.29 is 27.9 Å². The summed E-state index contributed by atoms with van der Waals surface area (Å²) in [4.78, 5) is 26.9. The molecule has 0 amide bonds. The summed E-state index contributed by atoms with van der Waals surface area (Å²) >= 11 is 0. The molecule has 0 aromatic carbocycles. The van der Waals surface area contributed by atoms with Crippen molar-refractivity contribution in [3.05, 3.63) is 23.8 Å². The molecule has 0 radical (unpaired) electrons. The summed E-state index contributed by atoms with van der Waals surface area (Å²) in [6.45, 7) is 31.3. The maximum atomic E-state index is 14.1. The van der Waals surface area contributed by atoms with Crippen molar-refractivity contribution in [1.82, 2.24) is 0 Å². The van der Waals surface area contributed by atoms with Crippen molar-refractivity contribution in [1.29, 1.82) is 0 Å². The van der Waals surface area contributed by atoms with Crippen molar-refractivity contribution in [2.45, 2.75) is 188 Å². The molecule has 270 valence electrons. The molecule has 2 aliphatic carbocycles. The smallest absolute Gasteiger partial charge is 0.312 e. The average Bonchev–Trinajstić information content (AvgIpc) is 2.93. The molecule has 1 heterocycles. The second kappa shape index (κ2) is 15.3. The summed E-state index contributed by atoms with van der Waals surface area (Å²) < 4.78 is 26.3. The van der Waals surface area contributed by atoms with Gasteiger partial charge in [-0.3, -0.25) is 9.59 Å². The van der Waals surface area contributed by atoms with Crippen LogP contribution in [0.5, 0.6) is 0 Å². The van der Waals surface area contributed by atoms with Gasteiger partial charge in [-0.1, -0.05) is 93.9 Å². The maximum absolute atomic E-state index is 14.1. The van der Waals surface area contributed by atoms with Crippen molar-refractivity contribution in [3.63, 3.8) is 0 Å². The Kier molecular flexibility index (Phi) is 13.1. The summed E-state index contributed by atoms with van der Waals surface area (Å²) in [6, 6.07) is 0. The monoisotopic (exact) mass is 690 g/mol. The quantitative estimate of drug-likeness (QED) is 0.141. The third kappa shape index (κ3) is 9.52. The van der Waals surface area contributed by atoms with Crippen LogP contribution < -0.4 is 0 Å². The normalized spacial score (nSPS) is 29.2. The Morgan fingerprint density at radius 1 is 0.915 bits per heavy atom. The molecule has 1 aliphatic heterocycles. The minimum Gasteiger partial charge on any atom is -0.462 e. The molecule has 3 aliphatic rings. The zero-order chi connectivity index (χ0) is 35.6. The lowest BCUT2D eigenvalue weighted by atomic mass is 9.66. The first-order valence-electron chi connectivity index (χ1n) is 18.8. The Labute approximate surface area is 290 Å². The highest BCUT2D eigenvalue weighted by atomic mass is 28.4. The van der Waals surface area contributed by atoms with Gasteiger partial charge in [0.25, 0.3) is 0 Å². The van der Waals surface area contributed by atoms with Crippen LogP contribution in [0.2, 0.25) is 36.3 Å². The number of carbonyl (C=O) groups is 2. The summed E-state index contributed by atoms with van der Waals surface area (Å²) in [5.74, 6) is 0.470. The highest BCUT2D eigenvalue weighted by Crippen LogP contribution is 2.48. The van der Waals surface area contributed by atoms with E-state index in [0.29, 0.717) is 18.8 Å². The van der Waals surface area contributed by atoms with E-state index in [1.165, 1.54) is 5.57 Å². The van der Waals surface area contributed by atoms with Crippen LogP contribution in [0.3, 0.4) is 0 Å². The minimum atomic E-state index is -2.06. The van der Waals surface area contributed by atoms with E-state index in [2.05, 4.69) is 114 Å². The van der Waals surface area contributed by atoms with Crippen molar-refractivity contribution in [2.24, 2.45) is 23.2 Å². The molecule has 0 saturated carbocycles. The number of fused-ring (bicyclic) bond motifs is 1. The van der Waals surface area contributed by atoms with E-state index in [1.54, 1.807) is 0 Å². The third-order valence-corrected chi connectivity index (χ3v) is 21.7. The molecule has 0 aromatic heterocycles. The van der Waals surface area contributed by atoms with E-state index in [0.717, 1.165) is 44.9 Å². The van der Waals surface area contributed by atoms with Gasteiger partial charge in [-0.05, 0) is 85.8 Å². The van der Waals surface area contributed by atoms with Crippen LogP contribution >= 0.6 is 0 Å². The van der Waals surface area contributed by atoms with E-state index in [4.69, 9.17) is 18.3 Å². The van der Waals surface area contributed by atoms with Gasteiger partial charge < -0.3 is 18.3 Å². The number of cyclic esters (lactones) is 1. The van der Waals surface area contributed by atoms with Gasteiger partial charge in [0.2, 0.25) is 0 Å². The molecule has 7 atom stereocenters. The first kappa shape index (κ1) is 40.2. The fourth-order valence-electron chi connectivity index (χ4n) is 7.43. The molecule has 7 unspecified atom stereocenters. The topological polar surface area (TPSA) is 71.1 Å². The molecule has 8 heteroatoms. The van der Waals surface area contributed by atoms with Gasteiger partial charge >= 0.3 is 11.9 Å². The van der Waals surface area contributed by atoms with Gasteiger partial charge in [-0.15, -0.1) is 0 Å². The number of esters is 2. The minimum absolute atomic E-state index is 0.0468. The number of ether oxygens (including phenoxy) is 2. The fourth-order valence-corrected chi connectivity index (χ4v) is 10.1. The van der Waals surface area contributed by atoms with Crippen LogP contribution in [0.4, 0.5) is 0 Å². The van der Waals surface area contributed by atoms with Crippen molar-refractivity contribution in [3.8, 4) is 0 Å². The highest BCUT2D eigenvalue weighted by molar-refractivity contribution is 6.74. The van der Waals surface area contributed by atoms with Gasteiger partial charge in [0.1, 0.15) is 12.2 Å². The Morgan fingerprint density at radius 3 is 2.06 bits per heavy atom. The molecule has 47 heavy (non-hydrogen) atoms. The second-order valence-corrected chi connectivity index (χ2v) is 27.5. The molecular weight excluding hydrogens is 621 g/mol. The van der Waals surface area contributed by atoms with E-state index in [1.807, 2.05) is 0 Å². The number of carbonyl (C=O) groups excluding carboxylic acids is 2. The molecular formula is C39H70O6Si2. The Balaban J connectivity index is 1.89. The zero-order valence-electron chi connectivity index (χ0n) is 32.6. The highest BCUT2D eigenvalue weighted by Gasteiger charge is 2.48. The van der Waals surface area contributed by atoms with Gasteiger partial charge in [0.15, 0.2) is 16.6 Å². The summed E-state index contributed by atoms with van der Waals surface area (Å²) in [6.07, 6.45) is 13.1. The van der Waals surface area contributed by atoms with E-state index >= 15 is 0 Å². The first-order valence-corrected chi connectivity index (χ1v) is 24.6. The molecule has 0 bridgehead atoms. The zero-order valence-corrected chi connectivity index (χ0v) is 34.6. The van der Waals surface area contributed by atoms with Crippen LogP contribution in [0.15, 0.2) is 23.8 Å². The third-order valence-electron chi connectivity index (χ3n) is 12.7. The largest absolute Gasteiger partial charge is 0.462 e. The van der Waals surface area contributed by atoms with Gasteiger partial charge in [-0.2, -0.15) is 0 Å². The Hall–Kier alpha value is -1.23. The number of rotatable bonds is 13. The lowest BCUT2D eigenvalue weighted by molar-refractivity contribution is -0.169.